The Balaban J connectivity index is 2.39. The van der Waals surface area contributed by atoms with Crippen LogP contribution in [-0.4, -0.2) is 15.8 Å². The van der Waals surface area contributed by atoms with Gasteiger partial charge in [-0.25, -0.2) is 14.4 Å². The molecule has 0 amide bonds. The van der Waals surface area contributed by atoms with Crippen molar-refractivity contribution in [3.63, 3.8) is 0 Å². The number of aromatic nitrogens is 2. The summed E-state index contributed by atoms with van der Waals surface area (Å²) in [5, 5.41) is 0. The lowest BCUT2D eigenvalue weighted by Gasteiger charge is -2.01. The molecule has 5 heteroatoms. The topological polar surface area (TPSA) is 42.9 Å². The summed E-state index contributed by atoms with van der Waals surface area (Å²) in [7, 11) is 0. The second kappa shape index (κ2) is 4.49. The summed E-state index contributed by atoms with van der Waals surface area (Å²) < 4.78 is 13.6. The van der Waals surface area contributed by atoms with Gasteiger partial charge in [0.1, 0.15) is 12.1 Å². The van der Waals surface area contributed by atoms with E-state index in [1.54, 1.807) is 6.07 Å². The van der Waals surface area contributed by atoms with E-state index < -0.39 is 5.82 Å². The molecule has 0 aliphatic carbocycles. The predicted octanol–water partition coefficient (Wildman–Crippen LogP) is 2.61. The molecule has 0 unspecified atom stereocenters. The Labute approximate surface area is 99.5 Å². The van der Waals surface area contributed by atoms with Crippen LogP contribution in [0.15, 0.2) is 41.4 Å². The summed E-state index contributed by atoms with van der Waals surface area (Å²) in [6.07, 6.45) is 4.13. The third-order valence-corrected chi connectivity index (χ3v) is 2.65. The molecule has 0 saturated heterocycles. The maximum atomic E-state index is 13.2. The van der Waals surface area contributed by atoms with Crippen molar-refractivity contribution >= 4 is 21.7 Å². The standard InChI is InChI=1S/C11H6BrFN2O/c12-9-2-1-7(3-10(9)13)11(16)8-4-14-6-15-5-8/h1-6H. The van der Waals surface area contributed by atoms with Crippen LogP contribution in [0.25, 0.3) is 0 Å². The third-order valence-electron chi connectivity index (χ3n) is 2.00. The molecule has 0 spiro atoms. The number of nitrogens with zero attached hydrogens (tertiary/aromatic N) is 2. The van der Waals surface area contributed by atoms with E-state index in [1.165, 1.54) is 30.9 Å². The number of carbonyl (C=O) groups is 1. The second-order valence-electron chi connectivity index (χ2n) is 3.09. The molecule has 80 valence electrons. The molecular formula is C11H6BrFN2O. The van der Waals surface area contributed by atoms with E-state index in [9.17, 15) is 9.18 Å². The fourth-order valence-corrected chi connectivity index (χ4v) is 1.47. The number of hydrogen-bond acceptors (Lipinski definition) is 3. The first-order valence-electron chi connectivity index (χ1n) is 4.43. The van der Waals surface area contributed by atoms with E-state index in [4.69, 9.17) is 0 Å². The largest absolute Gasteiger partial charge is 0.288 e. The molecular weight excluding hydrogens is 275 g/mol. The molecule has 3 nitrogen and oxygen atoms in total. The van der Waals surface area contributed by atoms with E-state index in [0.29, 0.717) is 10.0 Å². The summed E-state index contributed by atoms with van der Waals surface area (Å²) >= 11 is 3.02. The van der Waals surface area contributed by atoms with Crippen LogP contribution in [0.5, 0.6) is 0 Å². The number of ketones is 1. The van der Waals surface area contributed by atoms with Crippen molar-refractivity contribution in [3.8, 4) is 0 Å². The van der Waals surface area contributed by atoms with Gasteiger partial charge in [-0.1, -0.05) is 0 Å². The molecule has 2 rings (SSSR count). The molecule has 0 fully saturated rings. The minimum Gasteiger partial charge on any atom is -0.288 e. The zero-order chi connectivity index (χ0) is 11.5. The highest BCUT2D eigenvalue weighted by atomic mass is 79.9. The van der Waals surface area contributed by atoms with Crippen LogP contribution < -0.4 is 0 Å². The van der Waals surface area contributed by atoms with Gasteiger partial charge in [0.15, 0.2) is 5.78 Å². The van der Waals surface area contributed by atoms with Gasteiger partial charge in [-0.3, -0.25) is 4.79 Å². The molecule has 16 heavy (non-hydrogen) atoms. The number of carbonyl (C=O) groups excluding carboxylic acids is 1. The van der Waals surface area contributed by atoms with Crippen molar-refractivity contribution in [1.82, 2.24) is 9.97 Å². The molecule has 0 aliphatic rings. The monoisotopic (exact) mass is 280 g/mol. The van der Waals surface area contributed by atoms with Crippen LogP contribution in [0.4, 0.5) is 4.39 Å². The van der Waals surface area contributed by atoms with Gasteiger partial charge in [0.05, 0.1) is 10.0 Å². The molecule has 0 saturated carbocycles. The minimum atomic E-state index is -0.470. The molecule has 0 bridgehead atoms. The Bertz CT molecular complexity index is 531. The van der Waals surface area contributed by atoms with Gasteiger partial charge >= 0.3 is 0 Å². The van der Waals surface area contributed by atoms with Crippen molar-refractivity contribution in [2.24, 2.45) is 0 Å². The molecule has 0 radical (unpaired) electrons. The van der Waals surface area contributed by atoms with E-state index in [-0.39, 0.29) is 11.3 Å². The molecule has 1 aromatic heterocycles. The highest BCUT2D eigenvalue weighted by molar-refractivity contribution is 9.10. The van der Waals surface area contributed by atoms with Crippen LogP contribution in [0.1, 0.15) is 15.9 Å². The molecule has 0 N–H and O–H groups in total. The van der Waals surface area contributed by atoms with Crippen LogP contribution >= 0.6 is 15.9 Å². The van der Waals surface area contributed by atoms with E-state index in [0.717, 1.165) is 0 Å². The third kappa shape index (κ3) is 2.14. The highest BCUT2D eigenvalue weighted by Crippen LogP contribution is 2.18. The van der Waals surface area contributed by atoms with Gasteiger partial charge in [0, 0.05) is 18.0 Å². The first kappa shape index (κ1) is 10.9. The summed E-state index contributed by atoms with van der Waals surface area (Å²) in [4.78, 5) is 19.3. The maximum Gasteiger partial charge on any atom is 0.196 e. The van der Waals surface area contributed by atoms with Crippen molar-refractivity contribution in [2.45, 2.75) is 0 Å². The van der Waals surface area contributed by atoms with Crippen LogP contribution in [0.2, 0.25) is 0 Å². The van der Waals surface area contributed by atoms with Gasteiger partial charge < -0.3 is 0 Å². The SMILES string of the molecule is O=C(c1cncnc1)c1ccc(Br)c(F)c1. The van der Waals surface area contributed by atoms with Crippen molar-refractivity contribution < 1.29 is 9.18 Å². The van der Waals surface area contributed by atoms with E-state index in [1.807, 2.05) is 0 Å². The first-order chi connectivity index (χ1) is 7.68. The zero-order valence-electron chi connectivity index (χ0n) is 8.02. The lowest BCUT2D eigenvalue weighted by molar-refractivity contribution is 0.103. The Morgan fingerprint density at radius 1 is 1.19 bits per heavy atom. The summed E-state index contributed by atoms with van der Waals surface area (Å²) in [6.45, 7) is 0. The van der Waals surface area contributed by atoms with E-state index in [2.05, 4.69) is 25.9 Å². The fraction of sp³-hybridized carbons (Fsp3) is 0. The Hall–Kier alpha value is -1.62. The van der Waals surface area contributed by atoms with Crippen LogP contribution in [0.3, 0.4) is 0 Å². The van der Waals surface area contributed by atoms with Crippen molar-refractivity contribution in [1.29, 1.82) is 0 Å². The maximum absolute atomic E-state index is 13.2. The van der Waals surface area contributed by atoms with Crippen LogP contribution in [0, 0.1) is 5.82 Å². The van der Waals surface area contributed by atoms with Gasteiger partial charge in [-0.2, -0.15) is 0 Å². The molecule has 2 aromatic rings. The molecule has 1 aromatic carbocycles. The van der Waals surface area contributed by atoms with Gasteiger partial charge in [0.25, 0.3) is 0 Å². The minimum absolute atomic E-state index is 0.274. The van der Waals surface area contributed by atoms with Gasteiger partial charge in [0.2, 0.25) is 0 Å². The van der Waals surface area contributed by atoms with Crippen molar-refractivity contribution in [3.05, 3.63) is 58.3 Å². The van der Waals surface area contributed by atoms with Gasteiger partial charge in [-0.05, 0) is 34.1 Å². The van der Waals surface area contributed by atoms with Crippen molar-refractivity contribution in [2.75, 3.05) is 0 Å². The lowest BCUT2D eigenvalue weighted by atomic mass is 10.1. The normalized spacial score (nSPS) is 10.1. The predicted molar refractivity (Wildman–Crippen MR) is 59.6 cm³/mol. The molecule has 0 atom stereocenters. The Morgan fingerprint density at radius 2 is 1.88 bits per heavy atom. The smallest absolute Gasteiger partial charge is 0.196 e. The highest BCUT2D eigenvalue weighted by Gasteiger charge is 2.11. The number of benzene rings is 1. The lowest BCUT2D eigenvalue weighted by Crippen LogP contribution is -2.02. The number of hydrogen-bond donors (Lipinski definition) is 0. The average molecular weight is 281 g/mol. The van der Waals surface area contributed by atoms with Gasteiger partial charge in [-0.15, -0.1) is 0 Å². The molecule has 1 heterocycles. The summed E-state index contributed by atoms with van der Waals surface area (Å²) in [5.74, 6) is -0.769. The number of halogens is 2. The quantitative estimate of drug-likeness (QED) is 0.795. The van der Waals surface area contributed by atoms with Crippen LogP contribution in [-0.2, 0) is 0 Å². The summed E-state index contributed by atoms with van der Waals surface area (Å²) in [5.41, 5.74) is 0.611. The Morgan fingerprint density at radius 3 is 2.50 bits per heavy atom. The Kier molecular flexibility index (Phi) is 3.05. The summed E-state index contributed by atoms with van der Waals surface area (Å²) in [6, 6.07) is 4.22. The van der Waals surface area contributed by atoms with E-state index >= 15 is 0 Å². The zero-order valence-corrected chi connectivity index (χ0v) is 9.61. The fourth-order valence-electron chi connectivity index (χ4n) is 1.22. The number of rotatable bonds is 2. The first-order valence-corrected chi connectivity index (χ1v) is 5.22. The average Bonchev–Trinajstić information content (AvgIpc) is 2.33. The molecule has 0 aliphatic heterocycles. The second-order valence-corrected chi connectivity index (χ2v) is 3.94.